The van der Waals surface area contributed by atoms with Crippen LogP contribution in [0.3, 0.4) is 0 Å². The summed E-state index contributed by atoms with van der Waals surface area (Å²) < 4.78 is 17.9. The molecule has 122 valence electrons. The van der Waals surface area contributed by atoms with Gasteiger partial charge in [0.15, 0.2) is 6.10 Å². The molecule has 0 saturated carbocycles. The molecule has 3 saturated heterocycles. The van der Waals surface area contributed by atoms with E-state index in [0.29, 0.717) is 18.3 Å². The maximum Gasteiger partial charge on any atom is 0.359 e. The molecular weight excluding hydrogens is 388 g/mol. The zero-order valence-corrected chi connectivity index (χ0v) is 14.3. The molecule has 4 aliphatic rings. The summed E-state index contributed by atoms with van der Waals surface area (Å²) in [5.74, 6) is -2.62. The van der Waals surface area contributed by atoms with Crippen LogP contribution in [0.5, 0.6) is 5.19 Å². The first kappa shape index (κ1) is 15.1. The Morgan fingerprint density at radius 2 is 1.91 bits per heavy atom. The van der Waals surface area contributed by atoms with Crippen LogP contribution in [0.4, 0.5) is 0 Å². The highest BCUT2D eigenvalue weighted by Crippen LogP contribution is 2.44. The summed E-state index contributed by atoms with van der Waals surface area (Å²) in [6.07, 6.45) is 4.98. The van der Waals surface area contributed by atoms with Gasteiger partial charge in [-0.1, -0.05) is 11.3 Å². The zero-order valence-electron chi connectivity index (χ0n) is 11.9. The van der Waals surface area contributed by atoms with E-state index in [2.05, 4.69) is 20.9 Å². The highest BCUT2D eigenvalue weighted by Gasteiger charge is 2.62. The summed E-state index contributed by atoms with van der Waals surface area (Å²) >= 11 is 4.67. The average Bonchev–Trinajstić information content (AvgIpc) is 2.88. The number of ether oxygens (including phenoxy) is 3. The summed E-state index contributed by atoms with van der Waals surface area (Å²) in [4.78, 5) is 29.9. The van der Waals surface area contributed by atoms with Gasteiger partial charge in [0.2, 0.25) is 0 Å². The largest absolute Gasteiger partial charge is 0.456 e. The van der Waals surface area contributed by atoms with Crippen molar-refractivity contribution in [3.63, 3.8) is 0 Å². The van der Waals surface area contributed by atoms with Crippen LogP contribution in [0.1, 0.15) is 12.8 Å². The second-order valence-electron chi connectivity index (χ2n) is 5.60. The van der Waals surface area contributed by atoms with Gasteiger partial charge in [-0.3, -0.25) is 0 Å². The Morgan fingerprint density at radius 3 is 2.48 bits per heavy atom. The van der Waals surface area contributed by atoms with Crippen molar-refractivity contribution in [2.45, 2.75) is 24.9 Å². The molecule has 7 nitrogen and oxygen atoms in total. The molecule has 9 heteroatoms. The average molecular weight is 401 g/mol. The van der Waals surface area contributed by atoms with Crippen molar-refractivity contribution >= 4 is 39.2 Å². The molecular formula is C14H13BrN2O5S. The molecule has 1 aromatic rings. The normalized spacial score (nSPS) is 31.6. The van der Waals surface area contributed by atoms with Gasteiger partial charge in [-0.25, -0.2) is 19.5 Å². The Labute approximate surface area is 144 Å². The molecule has 1 atom stereocenters. The first-order valence-corrected chi connectivity index (χ1v) is 8.85. The monoisotopic (exact) mass is 400 g/mol. The van der Waals surface area contributed by atoms with Crippen molar-refractivity contribution in [3.8, 4) is 5.19 Å². The van der Waals surface area contributed by atoms with Crippen LogP contribution >= 0.6 is 27.3 Å². The Morgan fingerprint density at radius 1 is 1.26 bits per heavy atom. The summed E-state index contributed by atoms with van der Waals surface area (Å²) in [7, 11) is 0. The van der Waals surface area contributed by atoms with Crippen molar-refractivity contribution in [1.29, 1.82) is 0 Å². The molecule has 1 unspecified atom stereocenters. The van der Waals surface area contributed by atoms with Gasteiger partial charge < -0.3 is 14.2 Å². The quantitative estimate of drug-likeness (QED) is 0.698. The van der Waals surface area contributed by atoms with Gasteiger partial charge >= 0.3 is 17.8 Å². The lowest BCUT2D eigenvalue weighted by atomic mass is 9.82. The Hall–Kier alpha value is -1.45. The molecule has 23 heavy (non-hydrogen) atoms. The van der Waals surface area contributed by atoms with E-state index in [-0.39, 0.29) is 5.92 Å². The summed E-state index contributed by atoms with van der Waals surface area (Å²) in [6.45, 7) is 1.37. The predicted molar refractivity (Wildman–Crippen MR) is 82.6 cm³/mol. The molecule has 4 aliphatic heterocycles. The Kier molecular flexibility index (Phi) is 3.66. The number of hydrogen-bond acceptors (Lipinski definition) is 8. The molecule has 0 amide bonds. The highest BCUT2D eigenvalue weighted by atomic mass is 79.9. The topological polar surface area (TPSA) is 78.0 Å². The molecule has 0 radical (unpaired) electrons. The van der Waals surface area contributed by atoms with Gasteiger partial charge in [-0.15, -0.1) is 0 Å². The van der Waals surface area contributed by atoms with E-state index >= 15 is 0 Å². The van der Waals surface area contributed by atoms with Crippen LogP contribution in [0.15, 0.2) is 22.1 Å². The van der Waals surface area contributed by atoms with Crippen LogP contribution in [0, 0.1) is 5.92 Å². The van der Waals surface area contributed by atoms with Crippen molar-refractivity contribution < 1.29 is 23.8 Å². The fourth-order valence-corrected chi connectivity index (χ4v) is 4.37. The Bertz CT molecular complexity index is 662. The van der Waals surface area contributed by atoms with Gasteiger partial charge in [-0.2, -0.15) is 0 Å². The van der Waals surface area contributed by atoms with Crippen LogP contribution in [0.25, 0.3) is 0 Å². The van der Waals surface area contributed by atoms with Crippen LogP contribution in [0.2, 0.25) is 0 Å². The molecule has 5 heterocycles. The predicted octanol–water partition coefficient (Wildman–Crippen LogP) is 1.69. The van der Waals surface area contributed by atoms with E-state index in [9.17, 15) is 9.59 Å². The minimum atomic E-state index is -1.52. The number of carbonyl (C=O) groups is 2. The van der Waals surface area contributed by atoms with Crippen LogP contribution < -0.4 is 4.74 Å². The second-order valence-corrected chi connectivity index (χ2v) is 7.97. The molecule has 0 aliphatic carbocycles. The van der Waals surface area contributed by atoms with Crippen molar-refractivity contribution in [2.24, 2.45) is 5.92 Å². The van der Waals surface area contributed by atoms with E-state index in [4.69, 9.17) is 14.2 Å². The van der Waals surface area contributed by atoms with Gasteiger partial charge in [0.25, 0.3) is 5.19 Å². The second kappa shape index (κ2) is 5.57. The number of fused-ring (bicyclic) bond motifs is 2. The van der Waals surface area contributed by atoms with Crippen LogP contribution in [-0.4, -0.2) is 46.9 Å². The van der Waals surface area contributed by atoms with Gasteiger partial charge in [0, 0.05) is 31.2 Å². The molecule has 3 fully saturated rings. The van der Waals surface area contributed by atoms with Gasteiger partial charge in [-0.05, 0) is 28.8 Å². The van der Waals surface area contributed by atoms with Crippen molar-refractivity contribution in [2.75, 3.05) is 13.1 Å². The number of aromatic nitrogens is 1. The van der Waals surface area contributed by atoms with Gasteiger partial charge in [0.1, 0.15) is 0 Å². The molecule has 0 N–H and O–H groups in total. The number of halogens is 1. The van der Waals surface area contributed by atoms with E-state index in [1.807, 2.05) is 4.90 Å². The number of hydrogen-bond donors (Lipinski definition) is 0. The highest BCUT2D eigenvalue weighted by molar-refractivity contribution is 9.11. The van der Waals surface area contributed by atoms with Gasteiger partial charge in [0.05, 0.1) is 9.98 Å². The van der Waals surface area contributed by atoms with E-state index in [1.165, 1.54) is 11.3 Å². The number of piperidine rings is 3. The van der Waals surface area contributed by atoms with Crippen molar-refractivity contribution in [1.82, 2.24) is 9.88 Å². The number of thiazole rings is 1. The Balaban J connectivity index is 1.71. The fraction of sp³-hybridized carbons (Fsp3) is 0.500. The third-order valence-electron chi connectivity index (χ3n) is 4.30. The lowest BCUT2D eigenvalue weighted by Crippen LogP contribution is -2.71. The molecule has 1 spiro atoms. The number of rotatable bonds is 2. The number of esters is 2. The summed E-state index contributed by atoms with van der Waals surface area (Å²) in [6, 6.07) is 0. The fourth-order valence-electron chi connectivity index (χ4n) is 3.32. The summed E-state index contributed by atoms with van der Waals surface area (Å²) in [5, 5.41) is 0.444. The smallest absolute Gasteiger partial charge is 0.359 e. The summed E-state index contributed by atoms with van der Waals surface area (Å²) in [5.41, 5.74) is 0. The molecule has 0 aromatic carbocycles. The third-order valence-corrected chi connectivity index (χ3v) is 5.67. The SMILES string of the molecule is O=C1C=CC(=O)OC2(O1)C(Oc1ncc(Br)s1)C1CCN2CC1. The van der Waals surface area contributed by atoms with E-state index in [1.54, 1.807) is 6.20 Å². The van der Waals surface area contributed by atoms with E-state index in [0.717, 1.165) is 28.8 Å². The first-order valence-electron chi connectivity index (χ1n) is 7.24. The maximum absolute atomic E-state index is 11.9. The lowest BCUT2D eigenvalue weighted by Gasteiger charge is -2.54. The third kappa shape index (κ3) is 2.56. The first-order chi connectivity index (χ1) is 11.1. The van der Waals surface area contributed by atoms with E-state index < -0.39 is 24.0 Å². The van der Waals surface area contributed by atoms with Crippen molar-refractivity contribution in [3.05, 3.63) is 22.1 Å². The molecule has 2 bridgehead atoms. The molecule has 5 rings (SSSR count). The minimum absolute atomic E-state index is 0.126. The lowest BCUT2D eigenvalue weighted by molar-refractivity contribution is -0.348. The zero-order chi connectivity index (χ0) is 16.0. The minimum Gasteiger partial charge on any atom is -0.456 e. The number of carbonyl (C=O) groups excluding carboxylic acids is 2. The number of nitrogens with zero attached hydrogens (tertiary/aromatic N) is 2. The van der Waals surface area contributed by atoms with Crippen LogP contribution in [-0.2, 0) is 19.1 Å². The molecule has 1 aromatic heterocycles. The standard InChI is InChI=1S/C14H13BrN2O5S/c15-9-7-16-13(23-9)20-12-8-3-5-17(6-4-8)14(12)21-10(18)1-2-11(19)22-14/h1-2,7-8,12H,3-6H2. The maximum atomic E-state index is 11.9.